The molecule has 0 radical (unpaired) electrons. The molecule has 0 fully saturated rings. The Morgan fingerprint density at radius 2 is 1.96 bits per heavy atom. The van der Waals surface area contributed by atoms with Crippen molar-refractivity contribution in [3.63, 3.8) is 0 Å². The summed E-state index contributed by atoms with van der Waals surface area (Å²) in [6, 6.07) is 11.8. The van der Waals surface area contributed by atoms with Gasteiger partial charge >= 0.3 is 5.97 Å². The van der Waals surface area contributed by atoms with Gasteiger partial charge in [0.05, 0.1) is 6.07 Å². The van der Waals surface area contributed by atoms with Gasteiger partial charge in [-0.15, -0.1) is 0 Å². The van der Waals surface area contributed by atoms with Crippen LogP contribution < -0.4 is 5.32 Å². The van der Waals surface area contributed by atoms with Gasteiger partial charge in [-0.05, 0) is 24.3 Å². The molecule has 0 saturated carbocycles. The number of ether oxygens (including phenoxy) is 1. The van der Waals surface area contributed by atoms with Crippen molar-refractivity contribution in [3.8, 4) is 6.07 Å². The third-order valence-corrected chi connectivity index (χ3v) is 3.47. The molecule has 1 N–H and O–H groups in total. The normalized spacial score (nSPS) is 13.0. The summed E-state index contributed by atoms with van der Waals surface area (Å²) in [5.74, 6) is -0.749. The summed E-state index contributed by atoms with van der Waals surface area (Å²) >= 11 is 0. The summed E-state index contributed by atoms with van der Waals surface area (Å²) < 4.78 is 4.96. The van der Waals surface area contributed by atoms with E-state index in [9.17, 15) is 14.9 Å². The van der Waals surface area contributed by atoms with Crippen LogP contribution in [0.4, 0.5) is 0 Å². The third-order valence-electron chi connectivity index (χ3n) is 3.47. The van der Waals surface area contributed by atoms with E-state index in [2.05, 4.69) is 11.4 Å². The first kappa shape index (κ1) is 18.7. The van der Waals surface area contributed by atoms with Crippen molar-refractivity contribution in [3.05, 3.63) is 35.9 Å². The maximum atomic E-state index is 12.5. The first-order chi connectivity index (χ1) is 10.9. The molecule has 1 aromatic carbocycles. The van der Waals surface area contributed by atoms with E-state index in [1.807, 2.05) is 44.2 Å². The fourth-order valence-corrected chi connectivity index (χ4v) is 2.40. The highest BCUT2D eigenvalue weighted by Gasteiger charge is 2.40. The number of carbonyl (C=O) groups excluding carboxylic acids is 2. The maximum Gasteiger partial charge on any atom is 0.302 e. The van der Waals surface area contributed by atoms with Crippen molar-refractivity contribution in [2.75, 3.05) is 13.2 Å². The minimum absolute atomic E-state index is 0.130. The minimum atomic E-state index is -1.34. The summed E-state index contributed by atoms with van der Waals surface area (Å²) in [6.45, 7) is 5.34. The first-order valence-electron chi connectivity index (χ1n) is 7.76. The van der Waals surface area contributed by atoms with Crippen LogP contribution in [0.25, 0.3) is 0 Å². The highest BCUT2D eigenvalue weighted by atomic mass is 16.5. The molecule has 0 bridgehead atoms. The van der Waals surface area contributed by atoms with Gasteiger partial charge in [0.15, 0.2) is 5.41 Å². The van der Waals surface area contributed by atoms with Gasteiger partial charge in [-0.25, -0.2) is 0 Å². The van der Waals surface area contributed by atoms with Gasteiger partial charge in [-0.2, -0.15) is 5.26 Å². The summed E-state index contributed by atoms with van der Waals surface area (Å²) in [6.07, 6.45) is 1.03. The quantitative estimate of drug-likeness (QED) is 0.747. The second-order valence-corrected chi connectivity index (χ2v) is 6.06. The molecule has 5 nitrogen and oxygen atoms in total. The number of carbonyl (C=O) groups is 2. The lowest BCUT2D eigenvalue weighted by Gasteiger charge is -2.26. The van der Waals surface area contributed by atoms with Gasteiger partial charge < -0.3 is 10.1 Å². The zero-order valence-corrected chi connectivity index (χ0v) is 14.0. The van der Waals surface area contributed by atoms with Crippen LogP contribution in [0.15, 0.2) is 30.3 Å². The van der Waals surface area contributed by atoms with Gasteiger partial charge in [0.1, 0.15) is 6.61 Å². The van der Waals surface area contributed by atoms with Gasteiger partial charge in [0, 0.05) is 13.5 Å². The Hall–Kier alpha value is -2.35. The Kier molecular flexibility index (Phi) is 7.27. The topological polar surface area (TPSA) is 79.2 Å². The van der Waals surface area contributed by atoms with Crippen molar-refractivity contribution < 1.29 is 14.3 Å². The van der Waals surface area contributed by atoms with E-state index < -0.39 is 11.4 Å². The average molecular weight is 316 g/mol. The average Bonchev–Trinajstić information content (AvgIpc) is 2.52. The standard InChI is InChI=1S/C18H24N2O3/c1-14(2)11-18(12-19,13-23-15(3)21)17(22)20-10-9-16-7-5-4-6-8-16/h4-8,14H,9-11,13H2,1-3H3,(H,20,22). The number of hydrogen-bond acceptors (Lipinski definition) is 4. The summed E-state index contributed by atoms with van der Waals surface area (Å²) in [5.41, 5.74) is -0.226. The van der Waals surface area contributed by atoms with E-state index in [4.69, 9.17) is 4.74 Å². The number of nitriles is 1. The molecule has 1 rings (SSSR count). The summed E-state index contributed by atoms with van der Waals surface area (Å²) in [4.78, 5) is 23.6. The smallest absolute Gasteiger partial charge is 0.302 e. The highest BCUT2D eigenvalue weighted by molar-refractivity contribution is 5.86. The molecular weight excluding hydrogens is 292 g/mol. The number of nitrogens with one attached hydrogen (secondary N) is 1. The largest absolute Gasteiger partial charge is 0.464 e. The van der Waals surface area contributed by atoms with E-state index in [1.165, 1.54) is 6.92 Å². The molecule has 0 aliphatic carbocycles. The molecular formula is C18H24N2O3. The van der Waals surface area contributed by atoms with Crippen LogP contribution in [-0.2, 0) is 20.7 Å². The van der Waals surface area contributed by atoms with Crippen molar-refractivity contribution >= 4 is 11.9 Å². The van der Waals surface area contributed by atoms with E-state index in [1.54, 1.807) is 0 Å². The van der Waals surface area contributed by atoms with Crippen LogP contribution in [0.5, 0.6) is 0 Å². The second-order valence-electron chi connectivity index (χ2n) is 6.06. The van der Waals surface area contributed by atoms with Crippen molar-refractivity contribution in [1.29, 1.82) is 5.26 Å². The Labute approximate surface area is 137 Å². The Balaban J connectivity index is 2.70. The maximum absolute atomic E-state index is 12.5. The van der Waals surface area contributed by atoms with Gasteiger partial charge in [0.2, 0.25) is 5.91 Å². The Morgan fingerprint density at radius 3 is 2.48 bits per heavy atom. The zero-order chi connectivity index (χ0) is 17.3. The lowest BCUT2D eigenvalue weighted by atomic mass is 9.81. The Morgan fingerprint density at radius 1 is 1.30 bits per heavy atom. The first-order valence-corrected chi connectivity index (χ1v) is 7.76. The van der Waals surface area contributed by atoms with Crippen LogP contribution in [0, 0.1) is 22.7 Å². The zero-order valence-electron chi connectivity index (χ0n) is 14.0. The number of benzene rings is 1. The molecule has 23 heavy (non-hydrogen) atoms. The van der Waals surface area contributed by atoms with Crippen LogP contribution >= 0.6 is 0 Å². The molecule has 0 spiro atoms. The molecule has 1 aromatic rings. The predicted octanol–water partition coefficient (Wildman–Crippen LogP) is 2.46. The third kappa shape index (κ3) is 6.11. The SMILES string of the molecule is CC(=O)OCC(C#N)(CC(C)C)C(=O)NCCc1ccccc1. The van der Waals surface area contributed by atoms with Crippen LogP contribution in [0.1, 0.15) is 32.8 Å². The fraction of sp³-hybridized carbons (Fsp3) is 0.500. The van der Waals surface area contributed by atoms with Gasteiger partial charge in [-0.1, -0.05) is 44.2 Å². The highest BCUT2D eigenvalue weighted by Crippen LogP contribution is 2.27. The predicted molar refractivity (Wildman–Crippen MR) is 87.3 cm³/mol. The number of hydrogen-bond donors (Lipinski definition) is 1. The van der Waals surface area contributed by atoms with E-state index in [0.29, 0.717) is 19.4 Å². The van der Waals surface area contributed by atoms with Gasteiger partial charge in [0.25, 0.3) is 0 Å². The molecule has 0 aliphatic heterocycles. The number of esters is 1. The fourth-order valence-electron chi connectivity index (χ4n) is 2.40. The second kappa shape index (κ2) is 8.94. The number of nitrogens with zero attached hydrogens (tertiary/aromatic N) is 1. The van der Waals surface area contributed by atoms with Crippen molar-refractivity contribution in [2.45, 2.75) is 33.6 Å². The van der Waals surface area contributed by atoms with E-state index in [-0.39, 0.29) is 18.4 Å². The summed E-state index contributed by atoms with van der Waals surface area (Å²) in [7, 11) is 0. The monoisotopic (exact) mass is 316 g/mol. The molecule has 0 saturated heterocycles. The molecule has 1 unspecified atom stereocenters. The molecule has 0 aliphatic rings. The molecule has 124 valence electrons. The molecule has 1 amide bonds. The molecule has 1 atom stereocenters. The molecule has 0 aromatic heterocycles. The lowest BCUT2D eigenvalue weighted by Crippen LogP contribution is -2.45. The van der Waals surface area contributed by atoms with Crippen LogP contribution in [0.3, 0.4) is 0 Å². The van der Waals surface area contributed by atoms with Crippen LogP contribution in [0.2, 0.25) is 0 Å². The minimum Gasteiger partial charge on any atom is -0.464 e. The van der Waals surface area contributed by atoms with E-state index in [0.717, 1.165) is 5.56 Å². The van der Waals surface area contributed by atoms with Gasteiger partial charge in [-0.3, -0.25) is 9.59 Å². The van der Waals surface area contributed by atoms with E-state index >= 15 is 0 Å². The van der Waals surface area contributed by atoms with Crippen molar-refractivity contribution in [2.24, 2.45) is 11.3 Å². The van der Waals surface area contributed by atoms with Crippen LogP contribution in [-0.4, -0.2) is 25.0 Å². The number of rotatable bonds is 8. The molecule has 5 heteroatoms. The van der Waals surface area contributed by atoms with Crippen molar-refractivity contribution in [1.82, 2.24) is 5.32 Å². The summed E-state index contributed by atoms with van der Waals surface area (Å²) in [5, 5.41) is 12.3. The number of amides is 1. The molecule has 0 heterocycles. The lowest BCUT2D eigenvalue weighted by molar-refractivity contribution is -0.147. The Bertz CT molecular complexity index is 563.